The van der Waals surface area contributed by atoms with Crippen molar-refractivity contribution in [2.75, 3.05) is 6.61 Å². The number of hydrogen-bond donors (Lipinski definition) is 3. The van der Waals surface area contributed by atoms with E-state index in [-0.39, 0.29) is 5.76 Å². The van der Waals surface area contributed by atoms with Gasteiger partial charge in [0.15, 0.2) is 0 Å². The van der Waals surface area contributed by atoms with Gasteiger partial charge in [-0.1, -0.05) is 60.7 Å². The van der Waals surface area contributed by atoms with Crippen molar-refractivity contribution in [1.82, 2.24) is 0 Å². The predicted molar refractivity (Wildman–Crippen MR) is 74.6 cm³/mol. The molecule has 0 heterocycles. The van der Waals surface area contributed by atoms with Crippen molar-refractivity contribution in [3.05, 3.63) is 77.5 Å². The second-order valence-corrected chi connectivity index (χ2v) is 4.19. The van der Waals surface area contributed by atoms with Gasteiger partial charge in [-0.3, -0.25) is 0 Å². The standard InChI is InChI=1S/C16H16O3/c17-11-14(18)16(19)15(12-7-3-1-4-8-12)13-9-5-2-6-10-13/h1-10,14,17-19H,11H2. The number of rotatable bonds is 4. The molecular formula is C16H16O3. The van der Waals surface area contributed by atoms with Gasteiger partial charge in [0.2, 0.25) is 0 Å². The first-order valence-corrected chi connectivity index (χ1v) is 6.07. The van der Waals surface area contributed by atoms with E-state index in [1.165, 1.54) is 0 Å². The normalized spacial score (nSPS) is 11.9. The highest BCUT2D eigenvalue weighted by molar-refractivity contribution is 5.81. The van der Waals surface area contributed by atoms with Gasteiger partial charge in [0.05, 0.1) is 6.61 Å². The molecule has 0 aliphatic heterocycles. The lowest BCUT2D eigenvalue weighted by atomic mass is 9.95. The van der Waals surface area contributed by atoms with Gasteiger partial charge in [-0.2, -0.15) is 0 Å². The Morgan fingerprint density at radius 1 is 0.842 bits per heavy atom. The number of aliphatic hydroxyl groups is 3. The van der Waals surface area contributed by atoms with Crippen LogP contribution in [0.25, 0.3) is 5.57 Å². The maximum Gasteiger partial charge on any atom is 0.134 e. The van der Waals surface area contributed by atoms with E-state index in [2.05, 4.69) is 0 Å². The molecule has 19 heavy (non-hydrogen) atoms. The Morgan fingerprint density at radius 3 is 1.63 bits per heavy atom. The molecule has 0 aliphatic rings. The topological polar surface area (TPSA) is 60.7 Å². The molecule has 0 bridgehead atoms. The lowest BCUT2D eigenvalue weighted by Gasteiger charge is -2.14. The number of hydrogen-bond acceptors (Lipinski definition) is 3. The van der Waals surface area contributed by atoms with Crippen LogP contribution in [0.1, 0.15) is 11.1 Å². The second kappa shape index (κ2) is 6.18. The average Bonchev–Trinajstić information content (AvgIpc) is 2.49. The van der Waals surface area contributed by atoms with Crippen molar-refractivity contribution in [2.24, 2.45) is 0 Å². The Bertz CT molecular complexity index is 505. The lowest BCUT2D eigenvalue weighted by Crippen LogP contribution is -2.17. The fourth-order valence-corrected chi connectivity index (χ4v) is 1.93. The van der Waals surface area contributed by atoms with E-state index < -0.39 is 12.7 Å². The summed E-state index contributed by atoms with van der Waals surface area (Å²) in [5.41, 5.74) is 2.11. The fraction of sp³-hybridized carbons (Fsp3) is 0.125. The van der Waals surface area contributed by atoms with Gasteiger partial charge in [-0.25, -0.2) is 0 Å². The van der Waals surface area contributed by atoms with Gasteiger partial charge in [-0.05, 0) is 11.1 Å². The van der Waals surface area contributed by atoms with Crippen molar-refractivity contribution in [3.8, 4) is 0 Å². The molecule has 0 aromatic heterocycles. The van der Waals surface area contributed by atoms with Crippen LogP contribution in [0, 0.1) is 0 Å². The zero-order valence-electron chi connectivity index (χ0n) is 10.4. The first kappa shape index (κ1) is 13.3. The minimum atomic E-state index is -1.28. The van der Waals surface area contributed by atoms with E-state index >= 15 is 0 Å². The minimum absolute atomic E-state index is 0.222. The fourth-order valence-electron chi connectivity index (χ4n) is 1.93. The third kappa shape index (κ3) is 3.02. The maximum absolute atomic E-state index is 10.2. The largest absolute Gasteiger partial charge is 0.509 e. The Balaban J connectivity index is 2.58. The van der Waals surface area contributed by atoms with Gasteiger partial charge in [0.1, 0.15) is 11.9 Å². The van der Waals surface area contributed by atoms with E-state index in [9.17, 15) is 10.2 Å². The summed E-state index contributed by atoms with van der Waals surface area (Å²) in [6.07, 6.45) is -1.28. The second-order valence-electron chi connectivity index (χ2n) is 4.19. The summed E-state index contributed by atoms with van der Waals surface area (Å²) in [5, 5.41) is 28.8. The van der Waals surface area contributed by atoms with E-state index in [1.54, 1.807) is 0 Å². The summed E-state index contributed by atoms with van der Waals surface area (Å²) >= 11 is 0. The molecule has 3 N–H and O–H groups in total. The molecule has 2 aromatic carbocycles. The lowest BCUT2D eigenvalue weighted by molar-refractivity contribution is 0.0882. The summed E-state index contributed by atoms with van der Waals surface area (Å²) in [6, 6.07) is 18.6. The van der Waals surface area contributed by atoms with Crippen LogP contribution in [0.3, 0.4) is 0 Å². The van der Waals surface area contributed by atoms with Crippen LogP contribution in [0.15, 0.2) is 66.4 Å². The molecule has 0 aliphatic carbocycles. The zero-order chi connectivity index (χ0) is 13.7. The third-order valence-corrected chi connectivity index (χ3v) is 2.87. The monoisotopic (exact) mass is 256 g/mol. The molecule has 1 atom stereocenters. The van der Waals surface area contributed by atoms with Crippen LogP contribution >= 0.6 is 0 Å². The van der Waals surface area contributed by atoms with Crippen LogP contribution in [0.2, 0.25) is 0 Å². The maximum atomic E-state index is 10.2. The molecular weight excluding hydrogens is 240 g/mol. The first-order chi connectivity index (χ1) is 9.24. The van der Waals surface area contributed by atoms with Crippen LogP contribution in [-0.4, -0.2) is 28.0 Å². The third-order valence-electron chi connectivity index (χ3n) is 2.87. The molecule has 0 amide bonds. The van der Waals surface area contributed by atoms with E-state index in [0.29, 0.717) is 5.57 Å². The van der Waals surface area contributed by atoms with Crippen molar-refractivity contribution in [2.45, 2.75) is 6.10 Å². The molecule has 2 rings (SSSR count). The Hall–Kier alpha value is -2.10. The van der Waals surface area contributed by atoms with E-state index in [4.69, 9.17) is 5.11 Å². The number of aliphatic hydroxyl groups excluding tert-OH is 3. The van der Waals surface area contributed by atoms with Gasteiger partial charge in [0, 0.05) is 5.57 Å². The van der Waals surface area contributed by atoms with Crippen LogP contribution in [-0.2, 0) is 0 Å². The van der Waals surface area contributed by atoms with Gasteiger partial charge in [-0.15, -0.1) is 0 Å². The molecule has 0 spiro atoms. The van der Waals surface area contributed by atoms with Gasteiger partial charge < -0.3 is 15.3 Å². The molecule has 0 radical (unpaired) electrons. The predicted octanol–water partition coefficient (Wildman–Crippen LogP) is 2.36. The highest BCUT2D eigenvalue weighted by Crippen LogP contribution is 2.27. The minimum Gasteiger partial charge on any atom is -0.509 e. The van der Waals surface area contributed by atoms with Gasteiger partial charge in [0.25, 0.3) is 0 Å². The number of benzene rings is 2. The molecule has 0 fully saturated rings. The highest BCUT2D eigenvalue weighted by atomic mass is 16.3. The SMILES string of the molecule is OCC(O)C(O)=C(c1ccccc1)c1ccccc1. The summed E-state index contributed by atoms with van der Waals surface area (Å²) in [6.45, 7) is -0.519. The molecule has 3 nitrogen and oxygen atoms in total. The Kier molecular flexibility index (Phi) is 4.34. The molecule has 2 aromatic rings. The van der Waals surface area contributed by atoms with E-state index in [0.717, 1.165) is 11.1 Å². The van der Waals surface area contributed by atoms with Gasteiger partial charge >= 0.3 is 0 Å². The summed E-state index contributed by atoms with van der Waals surface area (Å²) < 4.78 is 0. The van der Waals surface area contributed by atoms with Crippen molar-refractivity contribution in [1.29, 1.82) is 0 Å². The zero-order valence-corrected chi connectivity index (χ0v) is 10.4. The highest BCUT2D eigenvalue weighted by Gasteiger charge is 2.17. The molecule has 0 saturated carbocycles. The van der Waals surface area contributed by atoms with Crippen LogP contribution in [0.4, 0.5) is 0 Å². The summed E-state index contributed by atoms with van der Waals surface area (Å²) in [4.78, 5) is 0. The van der Waals surface area contributed by atoms with Crippen molar-refractivity contribution in [3.63, 3.8) is 0 Å². The summed E-state index contributed by atoms with van der Waals surface area (Å²) in [7, 11) is 0. The molecule has 98 valence electrons. The van der Waals surface area contributed by atoms with Crippen molar-refractivity contribution >= 4 is 5.57 Å². The quantitative estimate of drug-likeness (QED) is 0.736. The van der Waals surface area contributed by atoms with Crippen LogP contribution < -0.4 is 0 Å². The Labute approximate surface area is 112 Å². The smallest absolute Gasteiger partial charge is 0.134 e. The Morgan fingerprint density at radius 2 is 1.26 bits per heavy atom. The van der Waals surface area contributed by atoms with Crippen LogP contribution in [0.5, 0.6) is 0 Å². The molecule has 1 unspecified atom stereocenters. The molecule has 3 heteroatoms. The first-order valence-electron chi connectivity index (χ1n) is 6.07. The van der Waals surface area contributed by atoms with Crippen molar-refractivity contribution < 1.29 is 15.3 Å². The average molecular weight is 256 g/mol. The summed E-state index contributed by atoms with van der Waals surface area (Å²) in [5.74, 6) is -0.222. The molecule has 0 saturated heterocycles. The van der Waals surface area contributed by atoms with E-state index in [1.807, 2.05) is 60.7 Å².